The van der Waals surface area contributed by atoms with E-state index in [1.54, 1.807) is 0 Å². The zero-order valence-corrected chi connectivity index (χ0v) is 10.5. The molecule has 0 heterocycles. The molecule has 2 radical (unpaired) electrons. The van der Waals surface area contributed by atoms with Crippen LogP contribution < -0.4 is 5.19 Å². The molecule has 0 aliphatic rings. The molecule has 1 rings (SSSR count). The first-order valence-corrected chi connectivity index (χ1v) is 6.65. The summed E-state index contributed by atoms with van der Waals surface area (Å²) in [6.45, 7) is 4.99. The van der Waals surface area contributed by atoms with Gasteiger partial charge in [-0.3, -0.25) is 0 Å². The van der Waals surface area contributed by atoms with Crippen LogP contribution in [0.2, 0.25) is 0 Å². The summed E-state index contributed by atoms with van der Waals surface area (Å²) in [7, 11) is 0.757. The van der Waals surface area contributed by atoms with Gasteiger partial charge in [0.2, 0.25) is 0 Å². The van der Waals surface area contributed by atoms with Gasteiger partial charge in [-0.15, -0.1) is 0 Å². The van der Waals surface area contributed by atoms with E-state index in [-0.39, 0.29) is 0 Å². The molecule has 1 aromatic carbocycles. The van der Waals surface area contributed by atoms with Crippen LogP contribution in [0.5, 0.6) is 0 Å². The van der Waals surface area contributed by atoms with Crippen molar-refractivity contribution in [2.75, 3.05) is 12.8 Å². The largest absolute Gasteiger partial charge is 0.385 e. The van der Waals surface area contributed by atoms with Gasteiger partial charge < -0.3 is 4.74 Å². The summed E-state index contributed by atoms with van der Waals surface area (Å²) in [4.78, 5) is 0. The highest BCUT2D eigenvalue weighted by Gasteiger charge is 1.95. The van der Waals surface area contributed by atoms with Gasteiger partial charge in [-0.25, -0.2) is 0 Å². The number of hydrogen-bond donors (Lipinski definition) is 0. The quantitative estimate of drug-likeness (QED) is 0.526. The fourth-order valence-electron chi connectivity index (χ4n) is 1.24. The molecule has 0 saturated heterocycles. The molecule has 0 unspecified atom stereocenters. The van der Waals surface area contributed by atoms with E-state index in [0.717, 1.165) is 28.8 Å². The van der Waals surface area contributed by atoms with Crippen LogP contribution in [0.1, 0.15) is 25.8 Å². The highest BCUT2D eigenvalue weighted by atomic mass is 28.2. The second-order valence-electron chi connectivity index (χ2n) is 3.25. The van der Waals surface area contributed by atoms with Crippen molar-refractivity contribution in [3.05, 3.63) is 35.9 Å². The van der Waals surface area contributed by atoms with Crippen molar-refractivity contribution < 1.29 is 4.74 Å². The van der Waals surface area contributed by atoms with E-state index in [1.165, 1.54) is 10.8 Å². The first-order chi connectivity index (χ1) is 7.36. The van der Waals surface area contributed by atoms with Gasteiger partial charge in [-0.1, -0.05) is 48.5 Å². The zero-order chi connectivity index (χ0) is 10.9. The predicted octanol–water partition coefficient (Wildman–Crippen LogP) is 2.43. The van der Waals surface area contributed by atoms with E-state index >= 15 is 0 Å². The van der Waals surface area contributed by atoms with Gasteiger partial charge in [-0.05, 0) is 18.9 Å². The van der Waals surface area contributed by atoms with E-state index in [0.29, 0.717) is 0 Å². The monoisotopic (exact) mass is 218 g/mol. The first kappa shape index (κ1) is 12.2. The smallest absolute Gasteiger partial charge is 0.114 e. The van der Waals surface area contributed by atoms with Gasteiger partial charge in [0.05, 0.1) is 0 Å². The molecule has 2 heteroatoms. The molecule has 0 bridgehead atoms. The molecule has 0 aliphatic carbocycles. The Balaban J connectivity index is 2.53. The third-order valence-corrected chi connectivity index (χ3v) is 3.08. The van der Waals surface area contributed by atoms with E-state index in [1.807, 2.05) is 6.92 Å². The highest BCUT2D eigenvalue weighted by molar-refractivity contribution is 6.53. The first-order valence-electron chi connectivity index (χ1n) is 5.45. The van der Waals surface area contributed by atoms with Gasteiger partial charge in [0.15, 0.2) is 0 Å². The van der Waals surface area contributed by atoms with Crippen LogP contribution in [-0.2, 0) is 4.74 Å². The maximum atomic E-state index is 5.35. The van der Waals surface area contributed by atoms with Crippen LogP contribution in [0.3, 0.4) is 0 Å². The average molecular weight is 218 g/mol. The lowest BCUT2D eigenvalue weighted by Gasteiger charge is -2.01. The van der Waals surface area contributed by atoms with Crippen molar-refractivity contribution in [2.45, 2.75) is 20.3 Å². The Morgan fingerprint density at radius 3 is 2.93 bits per heavy atom. The summed E-state index contributed by atoms with van der Waals surface area (Å²) in [5, 5.41) is 1.38. The van der Waals surface area contributed by atoms with Crippen LogP contribution in [0.4, 0.5) is 0 Å². The lowest BCUT2D eigenvalue weighted by atomic mass is 10.2. The number of hydrogen-bond acceptors (Lipinski definition) is 1. The Morgan fingerprint density at radius 1 is 1.33 bits per heavy atom. The van der Waals surface area contributed by atoms with Crippen LogP contribution in [0, 0.1) is 0 Å². The maximum absolute atomic E-state index is 5.35. The van der Waals surface area contributed by atoms with Crippen molar-refractivity contribution in [1.29, 1.82) is 0 Å². The van der Waals surface area contributed by atoms with E-state index in [9.17, 15) is 0 Å². The number of ether oxygens (including phenoxy) is 1. The minimum atomic E-state index is 0.757. The molecule has 0 atom stereocenters. The fraction of sp³-hybridized carbons (Fsp3) is 0.385. The minimum Gasteiger partial charge on any atom is -0.385 e. The number of benzene rings is 1. The van der Waals surface area contributed by atoms with Crippen LogP contribution >= 0.6 is 0 Å². The van der Waals surface area contributed by atoms with Gasteiger partial charge in [0.25, 0.3) is 0 Å². The molecule has 15 heavy (non-hydrogen) atoms. The molecule has 80 valence electrons. The Kier molecular flexibility index (Phi) is 6.05. The van der Waals surface area contributed by atoms with E-state index in [4.69, 9.17) is 4.74 Å². The summed E-state index contributed by atoms with van der Waals surface area (Å²) >= 11 is 0. The molecule has 1 nitrogen and oxygen atoms in total. The highest BCUT2D eigenvalue weighted by Crippen LogP contribution is 2.00. The number of allylic oxidation sites excluding steroid dienone is 1. The summed E-state index contributed by atoms with van der Waals surface area (Å²) < 4.78 is 5.35. The van der Waals surface area contributed by atoms with E-state index in [2.05, 4.69) is 43.3 Å². The van der Waals surface area contributed by atoms with Crippen LogP contribution in [0.25, 0.3) is 6.08 Å². The van der Waals surface area contributed by atoms with Gasteiger partial charge in [0.1, 0.15) is 9.52 Å². The summed E-state index contributed by atoms with van der Waals surface area (Å²) in [6, 6.07) is 8.66. The topological polar surface area (TPSA) is 9.23 Å². The Labute approximate surface area is 95.0 Å². The molecule has 0 aromatic heterocycles. The second kappa shape index (κ2) is 7.43. The SMILES string of the molecule is CCC=Cc1cccc([Si]COCC)c1. The summed E-state index contributed by atoms with van der Waals surface area (Å²) in [5.74, 6) is 0. The summed E-state index contributed by atoms with van der Waals surface area (Å²) in [6.07, 6.45) is 6.29. The molecular weight excluding hydrogens is 200 g/mol. The third kappa shape index (κ3) is 4.95. The molecule has 0 saturated carbocycles. The zero-order valence-electron chi connectivity index (χ0n) is 9.49. The Bertz CT molecular complexity index is 307. The fourth-order valence-corrected chi connectivity index (χ4v) is 2.20. The molecule has 1 aromatic rings. The lowest BCUT2D eigenvalue weighted by molar-refractivity contribution is 0.193. The van der Waals surface area contributed by atoms with Gasteiger partial charge >= 0.3 is 0 Å². The minimum absolute atomic E-state index is 0.757. The van der Waals surface area contributed by atoms with Crippen molar-refractivity contribution in [1.82, 2.24) is 0 Å². The molecular formula is C13H18OSi. The summed E-state index contributed by atoms with van der Waals surface area (Å²) in [5.41, 5.74) is 1.29. The Hall–Kier alpha value is -0.863. The number of rotatable bonds is 6. The van der Waals surface area contributed by atoms with Crippen LogP contribution in [0.15, 0.2) is 30.3 Å². The van der Waals surface area contributed by atoms with Crippen molar-refractivity contribution >= 4 is 20.8 Å². The lowest BCUT2D eigenvalue weighted by Crippen LogP contribution is -2.19. The predicted molar refractivity (Wildman–Crippen MR) is 67.6 cm³/mol. The van der Waals surface area contributed by atoms with Crippen molar-refractivity contribution in [2.24, 2.45) is 0 Å². The normalized spacial score (nSPS) is 11.1. The standard InChI is InChI=1S/C13H18OSi/c1-3-5-7-12-8-6-9-13(10-12)15-11-14-4-2/h5-10H,3-4,11H2,1-2H3. The third-order valence-electron chi connectivity index (χ3n) is 2.02. The Morgan fingerprint density at radius 2 is 2.20 bits per heavy atom. The molecule has 0 amide bonds. The molecule has 0 fully saturated rings. The van der Waals surface area contributed by atoms with E-state index < -0.39 is 0 Å². The van der Waals surface area contributed by atoms with Crippen LogP contribution in [-0.4, -0.2) is 22.4 Å². The molecule has 0 N–H and O–H groups in total. The van der Waals surface area contributed by atoms with Crippen molar-refractivity contribution in [3.8, 4) is 0 Å². The van der Waals surface area contributed by atoms with Gasteiger partial charge in [-0.2, -0.15) is 0 Å². The molecule has 0 spiro atoms. The maximum Gasteiger partial charge on any atom is 0.114 e. The second-order valence-corrected chi connectivity index (χ2v) is 4.47. The van der Waals surface area contributed by atoms with Gasteiger partial charge in [0, 0.05) is 12.8 Å². The average Bonchev–Trinajstić information content (AvgIpc) is 2.27. The van der Waals surface area contributed by atoms with Crippen molar-refractivity contribution in [3.63, 3.8) is 0 Å². The molecule has 0 aliphatic heterocycles.